The first kappa shape index (κ1) is 12.4. The summed E-state index contributed by atoms with van der Waals surface area (Å²) in [6.07, 6.45) is -0.820. The predicted octanol–water partition coefficient (Wildman–Crippen LogP) is 0.873. The van der Waals surface area contributed by atoms with Gasteiger partial charge < -0.3 is 10.4 Å². The minimum atomic E-state index is -3.10. The Labute approximate surface area is 102 Å². The zero-order valence-corrected chi connectivity index (χ0v) is 10.8. The average molecular weight is 255 g/mol. The number of anilines is 1. The van der Waals surface area contributed by atoms with Crippen molar-refractivity contribution in [1.29, 1.82) is 0 Å². The Hall–Kier alpha value is -1.07. The number of hydrogen-bond donors (Lipinski definition) is 2. The number of nitrogens with one attached hydrogen (secondary N) is 1. The van der Waals surface area contributed by atoms with Crippen molar-refractivity contribution >= 4 is 15.5 Å². The molecule has 2 rings (SSSR count). The number of sulfone groups is 1. The largest absolute Gasteiger partial charge is 0.390 e. The minimum absolute atomic E-state index is 0.00193. The van der Waals surface area contributed by atoms with Gasteiger partial charge in [-0.1, -0.05) is 18.2 Å². The van der Waals surface area contributed by atoms with E-state index in [1.165, 1.54) is 0 Å². The molecule has 2 unspecified atom stereocenters. The van der Waals surface area contributed by atoms with Gasteiger partial charge in [0.25, 0.3) is 0 Å². The SMILES string of the molecule is Cc1cccc(C)c1NC1CS(=O)(=O)CC1O. The smallest absolute Gasteiger partial charge is 0.155 e. The van der Waals surface area contributed by atoms with E-state index in [0.717, 1.165) is 16.8 Å². The number of aliphatic hydroxyl groups excluding tert-OH is 1. The highest BCUT2D eigenvalue weighted by molar-refractivity contribution is 7.91. The third kappa shape index (κ3) is 2.61. The van der Waals surface area contributed by atoms with Gasteiger partial charge in [-0.2, -0.15) is 0 Å². The van der Waals surface area contributed by atoms with E-state index in [1.807, 2.05) is 32.0 Å². The van der Waals surface area contributed by atoms with Crippen LogP contribution in [0.1, 0.15) is 11.1 Å². The van der Waals surface area contributed by atoms with Gasteiger partial charge in [-0.25, -0.2) is 8.42 Å². The Bertz CT molecular complexity index is 504. The molecule has 0 aromatic heterocycles. The lowest BCUT2D eigenvalue weighted by Crippen LogP contribution is -2.32. The van der Waals surface area contributed by atoms with Crippen LogP contribution in [0.15, 0.2) is 18.2 Å². The molecule has 0 bridgehead atoms. The second kappa shape index (κ2) is 4.31. The summed E-state index contributed by atoms with van der Waals surface area (Å²) in [5, 5.41) is 12.9. The molecule has 1 aliphatic rings. The van der Waals surface area contributed by atoms with Crippen LogP contribution in [0.4, 0.5) is 5.69 Å². The zero-order valence-electron chi connectivity index (χ0n) is 9.97. The molecule has 1 saturated heterocycles. The Morgan fingerprint density at radius 2 is 1.82 bits per heavy atom. The van der Waals surface area contributed by atoms with Crippen LogP contribution in [0.25, 0.3) is 0 Å². The first-order valence-electron chi connectivity index (χ1n) is 5.60. The minimum Gasteiger partial charge on any atom is -0.390 e. The molecular formula is C12H17NO3S. The van der Waals surface area contributed by atoms with E-state index in [9.17, 15) is 13.5 Å². The maximum atomic E-state index is 11.4. The second-order valence-corrected chi connectivity index (χ2v) is 6.82. The Kier molecular flexibility index (Phi) is 3.14. The van der Waals surface area contributed by atoms with E-state index >= 15 is 0 Å². The maximum absolute atomic E-state index is 11.4. The Balaban J connectivity index is 2.22. The normalized spacial score (nSPS) is 27.0. The molecule has 1 fully saturated rings. The summed E-state index contributed by atoms with van der Waals surface area (Å²) >= 11 is 0. The number of hydrogen-bond acceptors (Lipinski definition) is 4. The van der Waals surface area contributed by atoms with Crippen molar-refractivity contribution in [2.75, 3.05) is 16.8 Å². The van der Waals surface area contributed by atoms with Gasteiger partial charge in [-0.3, -0.25) is 0 Å². The maximum Gasteiger partial charge on any atom is 0.155 e. The molecule has 1 aromatic carbocycles. The molecule has 0 saturated carbocycles. The third-order valence-electron chi connectivity index (χ3n) is 3.13. The quantitative estimate of drug-likeness (QED) is 0.823. The van der Waals surface area contributed by atoms with E-state index in [4.69, 9.17) is 0 Å². The van der Waals surface area contributed by atoms with Crippen LogP contribution in [-0.2, 0) is 9.84 Å². The fourth-order valence-corrected chi connectivity index (χ4v) is 3.94. The predicted molar refractivity (Wildman–Crippen MR) is 68.0 cm³/mol. The molecule has 2 N–H and O–H groups in total. The molecule has 1 aromatic rings. The lowest BCUT2D eigenvalue weighted by atomic mass is 10.1. The summed E-state index contributed by atoms with van der Waals surface area (Å²) in [5.74, 6) is -0.141. The molecule has 17 heavy (non-hydrogen) atoms. The van der Waals surface area contributed by atoms with E-state index in [2.05, 4.69) is 5.32 Å². The number of rotatable bonds is 2. The highest BCUT2D eigenvalue weighted by atomic mass is 32.2. The van der Waals surface area contributed by atoms with Gasteiger partial charge in [0, 0.05) is 5.69 Å². The Morgan fingerprint density at radius 3 is 2.29 bits per heavy atom. The van der Waals surface area contributed by atoms with Crippen molar-refractivity contribution in [2.24, 2.45) is 0 Å². The van der Waals surface area contributed by atoms with E-state index in [-0.39, 0.29) is 11.5 Å². The van der Waals surface area contributed by atoms with Crippen LogP contribution in [0, 0.1) is 13.8 Å². The van der Waals surface area contributed by atoms with Crippen LogP contribution >= 0.6 is 0 Å². The summed E-state index contributed by atoms with van der Waals surface area (Å²) in [6.45, 7) is 3.93. The van der Waals surface area contributed by atoms with Gasteiger partial charge in [0.05, 0.1) is 23.7 Å². The monoisotopic (exact) mass is 255 g/mol. The van der Waals surface area contributed by atoms with Gasteiger partial charge in [0.2, 0.25) is 0 Å². The molecule has 0 amide bonds. The van der Waals surface area contributed by atoms with E-state index in [1.54, 1.807) is 0 Å². The molecule has 1 aliphatic heterocycles. The number of benzene rings is 1. The fraction of sp³-hybridized carbons (Fsp3) is 0.500. The highest BCUT2D eigenvalue weighted by Gasteiger charge is 2.36. The van der Waals surface area contributed by atoms with Crippen LogP contribution in [-0.4, -0.2) is 37.2 Å². The molecular weight excluding hydrogens is 238 g/mol. The fourth-order valence-electron chi connectivity index (χ4n) is 2.19. The summed E-state index contributed by atoms with van der Waals surface area (Å²) in [7, 11) is -3.10. The van der Waals surface area contributed by atoms with Crippen molar-refractivity contribution in [3.63, 3.8) is 0 Å². The third-order valence-corrected chi connectivity index (χ3v) is 4.85. The molecule has 2 atom stereocenters. The first-order chi connectivity index (χ1) is 7.89. The molecule has 0 spiro atoms. The van der Waals surface area contributed by atoms with Crippen molar-refractivity contribution in [3.8, 4) is 0 Å². The van der Waals surface area contributed by atoms with Crippen molar-refractivity contribution in [3.05, 3.63) is 29.3 Å². The summed E-state index contributed by atoms with van der Waals surface area (Å²) in [4.78, 5) is 0. The summed E-state index contributed by atoms with van der Waals surface area (Å²) in [5.41, 5.74) is 3.04. The van der Waals surface area contributed by atoms with Crippen molar-refractivity contribution in [2.45, 2.75) is 26.0 Å². The van der Waals surface area contributed by atoms with Crippen LogP contribution in [0.5, 0.6) is 0 Å². The van der Waals surface area contributed by atoms with E-state index in [0.29, 0.717) is 0 Å². The van der Waals surface area contributed by atoms with Gasteiger partial charge in [-0.05, 0) is 25.0 Å². The number of aliphatic hydroxyl groups is 1. The van der Waals surface area contributed by atoms with Gasteiger partial charge in [0.15, 0.2) is 9.84 Å². The Morgan fingerprint density at radius 1 is 1.24 bits per heavy atom. The van der Waals surface area contributed by atoms with Gasteiger partial charge in [0.1, 0.15) is 0 Å². The van der Waals surface area contributed by atoms with Crippen molar-refractivity contribution < 1.29 is 13.5 Å². The van der Waals surface area contributed by atoms with Crippen LogP contribution < -0.4 is 5.32 Å². The molecule has 94 valence electrons. The highest BCUT2D eigenvalue weighted by Crippen LogP contribution is 2.24. The van der Waals surface area contributed by atoms with Gasteiger partial charge >= 0.3 is 0 Å². The number of aryl methyl sites for hydroxylation is 2. The first-order valence-corrected chi connectivity index (χ1v) is 7.42. The standard InChI is InChI=1S/C12H17NO3S/c1-8-4-3-5-9(2)12(8)13-10-6-17(15,16)7-11(10)14/h3-5,10-11,13-14H,6-7H2,1-2H3. The summed E-state index contributed by atoms with van der Waals surface area (Å²) < 4.78 is 22.8. The molecule has 1 heterocycles. The molecule has 0 radical (unpaired) electrons. The lowest BCUT2D eigenvalue weighted by Gasteiger charge is -2.19. The number of para-hydroxylation sites is 1. The van der Waals surface area contributed by atoms with Crippen molar-refractivity contribution in [1.82, 2.24) is 0 Å². The van der Waals surface area contributed by atoms with Gasteiger partial charge in [-0.15, -0.1) is 0 Å². The van der Waals surface area contributed by atoms with E-state index < -0.39 is 22.0 Å². The second-order valence-electron chi connectivity index (χ2n) is 4.66. The van der Waals surface area contributed by atoms with Crippen LogP contribution in [0.2, 0.25) is 0 Å². The average Bonchev–Trinajstić information content (AvgIpc) is 2.46. The summed E-state index contributed by atoms with van der Waals surface area (Å²) in [6, 6.07) is 5.48. The molecule has 5 heteroatoms. The van der Waals surface area contributed by atoms with Crippen LogP contribution in [0.3, 0.4) is 0 Å². The molecule has 0 aliphatic carbocycles. The molecule has 4 nitrogen and oxygen atoms in total. The topological polar surface area (TPSA) is 66.4 Å². The lowest BCUT2D eigenvalue weighted by molar-refractivity contribution is 0.190. The zero-order chi connectivity index (χ0) is 12.6.